The van der Waals surface area contributed by atoms with Crippen LogP contribution < -0.4 is 5.73 Å². The lowest BCUT2D eigenvalue weighted by Gasteiger charge is -2.12. The maximum Gasteiger partial charge on any atom is 0.340 e. The van der Waals surface area contributed by atoms with E-state index < -0.39 is 5.97 Å². The molecule has 0 atom stereocenters. The number of ether oxygens (including phenoxy) is 1. The molecule has 102 valence electrons. The van der Waals surface area contributed by atoms with Crippen molar-refractivity contribution in [1.29, 1.82) is 5.26 Å². The predicted octanol–water partition coefficient (Wildman–Crippen LogP) is 3.35. The van der Waals surface area contributed by atoms with Gasteiger partial charge in [-0.1, -0.05) is 12.1 Å². The molecule has 0 saturated heterocycles. The molecular formula is C15H14N2O2S. The van der Waals surface area contributed by atoms with E-state index in [-0.39, 0.29) is 0 Å². The van der Waals surface area contributed by atoms with Crippen molar-refractivity contribution in [1.82, 2.24) is 0 Å². The van der Waals surface area contributed by atoms with Crippen LogP contribution >= 0.6 is 11.3 Å². The summed E-state index contributed by atoms with van der Waals surface area (Å²) in [5.41, 5.74) is 8.36. The van der Waals surface area contributed by atoms with Gasteiger partial charge in [-0.3, -0.25) is 0 Å². The normalized spacial score (nSPS) is 10.1. The number of carbonyl (C=O) groups is 1. The van der Waals surface area contributed by atoms with E-state index >= 15 is 0 Å². The van der Waals surface area contributed by atoms with Gasteiger partial charge in [0.1, 0.15) is 10.9 Å². The van der Waals surface area contributed by atoms with Crippen LogP contribution in [0.2, 0.25) is 0 Å². The van der Waals surface area contributed by atoms with Gasteiger partial charge in [0.2, 0.25) is 0 Å². The highest BCUT2D eigenvalue weighted by molar-refractivity contribution is 7.16. The summed E-state index contributed by atoms with van der Waals surface area (Å²) in [6, 6.07) is 9.33. The fourth-order valence-corrected chi connectivity index (χ4v) is 2.73. The highest BCUT2D eigenvalue weighted by atomic mass is 32.1. The number of nitrogen functional groups attached to an aromatic ring is 1. The van der Waals surface area contributed by atoms with E-state index in [9.17, 15) is 4.79 Å². The molecule has 2 aromatic rings. The van der Waals surface area contributed by atoms with Crippen LogP contribution in [0.3, 0.4) is 0 Å². The molecule has 0 unspecified atom stereocenters. The predicted molar refractivity (Wildman–Crippen MR) is 79.6 cm³/mol. The van der Waals surface area contributed by atoms with E-state index in [1.807, 2.05) is 25.1 Å². The molecule has 20 heavy (non-hydrogen) atoms. The highest BCUT2D eigenvalue weighted by Gasteiger charge is 2.20. The molecule has 0 aliphatic rings. The second-order valence-electron chi connectivity index (χ2n) is 4.21. The first-order valence-electron chi connectivity index (χ1n) is 6.15. The SMILES string of the molecule is CCOC(=O)c1c(-c2ccc(C#N)s2)ccc(C)c1N. The average molecular weight is 286 g/mol. The van der Waals surface area contributed by atoms with Gasteiger partial charge in [-0.15, -0.1) is 11.3 Å². The van der Waals surface area contributed by atoms with Gasteiger partial charge in [0.15, 0.2) is 0 Å². The van der Waals surface area contributed by atoms with Crippen molar-refractivity contribution in [3.05, 3.63) is 40.3 Å². The minimum absolute atomic E-state index is 0.291. The molecule has 4 nitrogen and oxygen atoms in total. The van der Waals surface area contributed by atoms with E-state index in [2.05, 4.69) is 6.07 Å². The number of anilines is 1. The minimum Gasteiger partial charge on any atom is -0.462 e. The quantitative estimate of drug-likeness (QED) is 0.693. The molecule has 0 saturated carbocycles. The fraction of sp³-hybridized carbons (Fsp3) is 0.200. The summed E-state index contributed by atoms with van der Waals surface area (Å²) in [5, 5.41) is 8.90. The fourth-order valence-electron chi connectivity index (χ4n) is 1.89. The van der Waals surface area contributed by atoms with Gasteiger partial charge in [0.05, 0.1) is 12.2 Å². The van der Waals surface area contributed by atoms with Gasteiger partial charge >= 0.3 is 5.97 Å². The number of esters is 1. The zero-order valence-corrected chi connectivity index (χ0v) is 12.1. The topological polar surface area (TPSA) is 76.1 Å². The number of benzene rings is 1. The average Bonchev–Trinajstić information content (AvgIpc) is 2.90. The van der Waals surface area contributed by atoms with Crippen LogP contribution in [-0.2, 0) is 4.74 Å². The Morgan fingerprint density at radius 2 is 2.15 bits per heavy atom. The summed E-state index contributed by atoms with van der Waals surface area (Å²) in [5.74, 6) is -0.435. The lowest BCUT2D eigenvalue weighted by molar-refractivity contribution is 0.0528. The van der Waals surface area contributed by atoms with Crippen LogP contribution in [0.25, 0.3) is 10.4 Å². The Labute approximate surface area is 121 Å². The van der Waals surface area contributed by atoms with E-state index in [0.29, 0.717) is 28.3 Å². The maximum absolute atomic E-state index is 12.1. The minimum atomic E-state index is -0.435. The number of thiophene rings is 1. The van der Waals surface area contributed by atoms with Gasteiger partial charge in [0.25, 0.3) is 0 Å². The second kappa shape index (κ2) is 5.76. The zero-order chi connectivity index (χ0) is 14.7. The Bertz CT molecular complexity index is 698. The molecule has 1 heterocycles. The standard InChI is InChI=1S/C15H14N2O2S/c1-3-19-15(18)13-11(6-4-9(2)14(13)17)12-7-5-10(8-16)20-12/h4-7H,3,17H2,1-2H3. The summed E-state index contributed by atoms with van der Waals surface area (Å²) in [7, 11) is 0. The van der Waals surface area contributed by atoms with Crippen molar-refractivity contribution in [2.75, 3.05) is 12.3 Å². The Balaban J connectivity index is 2.61. The third kappa shape index (κ3) is 2.51. The third-order valence-electron chi connectivity index (χ3n) is 2.92. The summed E-state index contributed by atoms with van der Waals surface area (Å²) in [6.07, 6.45) is 0. The summed E-state index contributed by atoms with van der Waals surface area (Å²) < 4.78 is 5.08. The Morgan fingerprint density at radius 3 is 2.75 bits per heavy atom. The van der Waals surface area contributed by atoms with E-state index in [0.717, 1.165) is 10.4 Å². The van der Waals surface area contributed by atoms with E-state index in [1.54, 1.807) is 13.0 Å². The number of nitrogens with two attached hydrogens (primary N) is 1. The molecular weight excluding hydrogens is 272 g/mol. The molecule has 1 aromatic heterocycles. The van der Waals surface area contributed by atoms with Gasteiger partial charge in [-0.25, -0.2) is 4.79 Å². The molecule has 5 heteroatoms. The summed E-state index contributed by atoms with van der Waals surface area (Å²) in [6.45, 7) is 3.89. The molecule has 0 spiro atoms. The summed E-state index contributed by atoms with van der Waals surface area (Å²) >= 11 is 1.33. The van der Waals surface area contributed by atoms with Crippen molar-refractivity contribution >= 4 is 23.0 Å². The monoisotopic (exact) mass is 286 g/mol. The molecule has 0 aliphatic carbocycles. The first-order valence-corrected chi connectivity index (χ1v) is 6.96. The zero-order valence-electron chi connectivity index (χ0n) is 11.3. The van der Waals surface area contributed by atoms with Crippen molar-refractivity contribution in [3.8, 4) is 16.5 Å². The van der Waals surface area contributed by atoms with Gasteiger partial charge in [-0.05, 0) is 31.5 Å². The van der Waals surface area contributed by atoms with Crippen molar-refractivity contribution in [2.24, 2.45) is 0 Å². The smallest absolute Gasteiger partial charge is 0.340 e. The van der Waals surface area contributed by atoms with Crippen LogP contribution in [0, 0.1) is 18.3 Å². The largest absolute Gasteiger partial charge is 0.462 e. The van der Waals surface area contributed by atoms with Gasteiger partial charge in [0, 0.05) is 16.1 Å². The number of hydrogen-bond acceptors (Lipinski definition) is 5. The molecule has 2 rings (SSSR count). The molecule has 0 amide bonds. The van der Waals surface area contributed by atoms with Crippen molar-refractivity contribution in [3.63, 3.8) is 0 Å². The Kier molecular flexibility index (Phi) is 4.06. The van der Waals surface area contributed by atoms with Crippen molar-refractivity contribution in [2.45, 2.75) is 13.8 Å². The molecule has 0 aliphatic heterocycles. The highest BCUT2D eigenvalue weighted by Crippen LogP contribution is 2.34. The lowest BCUT2D eigenvalue weighted by Crippen LogP contribution is -2.10. The van der Waals surface area contributed by atoms with Crippen LogP contribution in [-0.4, -0.2) is 12.6 Å². The van der Waals surface area contributed by atoms with Crippen LogP contribution in [0.4, 0.5) is 5.69 Å². The molecule has 0 radical (unpaired) electrons. The number of nitriles is 1. The first kappa shape index (κ1) is 14.1. The number of aryl methyl sites for hydroxylation is 1. The molecule has 1 aromatic carbocycles. The lowest BCUT2D eigenvalue weighted by atomic mass is 10.0. The van der Waals surface area contributed by atoms with E-state index in [1.165, 1.54) is 11.3 Å². The van der Waals surface area contributed by atoms with E-state index in [4.69, 9.17) is 15.7 Å². The number of hydrogen-bond donors (Lipinski definition) is 1. The summed E-state index contributed by atoms with van der Waals surface area (Å²) in [4.78, 5) is 13.5. The van der Waals surface area contributed by atoms with Crippen LogP contribution in [0.5, 0.6) is 0 Å². The molecule has 0 fully saturated rings. The van der Waals surface area contributed by atoms with Gasteiger partial charge < -0.3 is 10.5 Å². The Morgan fingerprint density at radius 1 is 1.40 bits per heavy atom. The number of carbonyl (C=O) groups excluding carboxylic acids is 1. The maximum atomic E-state index is 12.1. The van der Waals surface area contributed by atoms with Crippen LogP contribution in [0.15, 0.2) is 24.3 Å². The molecule has 0 bridgehead atoms. The first-order chi connectivity index (χ1) is 9.58. The van der Waals surface area contributed by atoms with Crippen LogP contribution in [0.1, 0.15) is 27.7 Å². The number of rotatable bonds is 3. The third-order valence-corrected chi connectivity index (χ3v) is 3.95. The van der Waals surface area contributed by atoms with Crippen molar-refractivity contribution < 1.29 is 9.53 Å². The van der Waals surface area contributed by atoms with Gasteiger partial charge in [-0.2, -0.15) is 5.26 Å². The molecule has 2 N–H and O–H groups in total. The Hall–Kier alpha value is -2.32. The number of nitrogens with zero attached hydrogens (tertiary/aromatic N) is 1. The second-order valence-corrected chi connectivity index (χ2v) is 5.30.